The number of anilines is 2. The maximum atomic E-state index is 12.4. The van der Waals surface area contributed by atoms with E-state index in [0.717, 1.165) is 49.8 Å². The Labute approximate surface area is 164 Å². The van der Waals surface area contributed by atoms with Gasteiger partial charge in [0, 0.05) is 48.7 Å². The van der Waals surface area contributed by atoms with Gasteiger partial charge in [-0.25, -0.2) is 15.0 Å². The normalized spacial score (nSPS) is 15.8. The fraction of sp³-hybridized carbons (Fsp3) is 0.579. The first kappa shape index (κ1) is 19.7. The van der Waals surface area contributed by atoms with Crippen molar-refractivity contribution in [3.8, 4) is 0 Å². The molecule has 0 radical (unpaired) electrons. The van der Waals surface area contributed by atoms with E-state index in [9.17, 15) is 4.79 Å². The van der Waals surface area contributed by atoms with Crippen LogP contribution in [0.1, 0.15) is 39.1 Å². The molecular formula is C19H28N6OS. The number of piperazine rings is 1. The van der Waals surface area contributed by atoms with E-state index >= 15 is 0 Å². The van der Waals surface area contributed by atoms with Crippen LogP contribution in [-0.4, -0.2) is 58.5 Å². The Morgan fingerprint density at radius 2 is 1.96 bits per heavy atom. The third-order valence-corrected chi connectivity index (χ3v) is 5.41. The average Bonchev–Trinajstić information content (AvgIpc) is 3.11. The van der Waals surface area contributed by atoms with E-state index < -0.39 is 0 Å². The molecule has 3 heterocycles. The molecule has 7 nitrogen and oxygen atoms in total. The first-order valence-electron chi connectivity index (χ1n) is 9.39. The summed E-state index contributed by atoms with van der Waals surface area (Å²) in [5, 5.41) is 5.62. The van der Waals surface area contributed by atoms with Gasteiger partial charge in [0.2, 0.25) is 5.91 Å². The van der Waals surface area contributed by atoms with Gasteiger partial charge in [-0.2, -0.15) is 0 Å². The predicted octanol–water partition coefficient (Wildman–Crippen LogP) is 2.55. The highest BCUT2D eigenvalue weighted by molar-refractivity contribution is 7.13. The van der Waals surface area contributed by atoms with Crippen LogP contribution in [-0.2, 0) is 16.6 Å². The molecule has 1 amide bonds. The van der Waals surface area contributed by atoms with Gasteiger partial charge in [-0.1, -0.05) is 27.7 Å². The second-order valence-electron chi connectivity index (χ2n) is 7.82. The Morgan fingerprint density at radius 1 is 1.22 bits per heavy atom. The number of nitrogens with zero attached hydrogens (tertiary/aromatic N) is 5. The molecule has 1 fully saturated rings. The van der Waals surface area contributed by atoms with Crippen molar-refractivity contribution in [2.24, 2.45) is 0 Å². The van der Waals surface area contributed by atoms with E-state index in [1.165, 1.54) is 11.3 Å². The number of aryl methyl sites for hydroxylation is 1. The van der Waals surface area contributed by atoms with Crippen LogP contribution in [0.15, 0.2) is 17.8 Å². The topological polar surface area (TPSA) is 74.2 Å². The molecule has 1 aliphatic rings. The number of amides is 1. The molecule has 2 aromatic rings. The highest BCUT2D eigenvalue weighted by Crippen LogP contribution is 2.26. The first-order valence-corrected chi connectivity index (χ1v) is 10.3. The standard InChI is InChI=1S/C19H28N6OS/c1-5-14-10-16(21-13-20-14)25-8-6-24(7-9-25)11-17(26)23-18-22-15(12-27-18)19(2,3)4/h10,12-13H,5-9,11H2,1-4H3,(H,22,23,26). The zero-order valence-corrected chi connectivity index (χ0v) is 17.3. The quantitative estimate of drug-likeness (QED) is 0.849. The number of rotatable bonds is 5. The fourth-order valence-corrected chi connectivity index (χ4v) is 3.88. The summed E-state index contributed by atoms with van der Waals surface area (Å²) in [5.74, 6) is 0.969. The Morgan fingerprint density at radius 3 is 2.59 bits per heavy atom. The molecule has 0 bridgehead atoms. The molecule has 1 saturated heterocycles. The number of thiazole rings is 1. The summed E-state index contributed by atoms with van der Waals surface area (Å²) in [4.78, 5) is 30.0. The number of aromatic nitrogens is 3. The Balaban J connectivity index is 1.48. The molecule has 1 aliphatic heterocycles. The van der Waals surface area contributed by atoms with Crippen LogP contribution in [0.25, 0.3) is 0 Å². The van der Waals surface area contributed by atoms with Crippen molar-refractivity contribution in [1.82, 2.24) is 19.9 Å². The van der Waals surface area contributed by atoms with Crippen molar-refractivity contribution in [2.45, 2.75) is 39.5 Å². The largest absolute Gasteiger partial charge is 0.354 e. The van der Waals surface area contributed by atoms with E-state index in [2.05, 4.69) is 63.8 Å². The third kappa shape index (κ3) is 5.23. The molecule has 0 atom stereocenters. The molecule has 27 heavy (non-hydrogen) atoms. The summed E-state index contributed by atoms with van der Waals surface area (Å²) < 4.78 is 0. The van der Waals surface area contributed by atoms with Crippen LogP contribution in [0.3, 0.4) is 0 Å². The van der Waals surface area contributed by atoms with Gasteiger partial charge in [-0.15, -0.1) is 11.3 Å². The van der Waals surface area contributed by atoms with Crippen molar-refractivity contribution in [1.29, 1.82) is 0 Å². The molecule has 146 valence electrons. The lowest BCUT2D eigenvalue weighted by Crippen LogP contribution is -2.49. The zero-order chi connectivity index (χ0) is 19.4. The van der Waals surface area contributed by atoms with Crippen LogP contribution in [0.2, 0.25) is 0 Å². The van der Waals surface area contributed by atoms with Gasteiger partial charge in [-0.05, 0) is 6.42 Å². The van der Waals surface area contributed by atoms with Gasteiger partial charge < -0.3 is 10.2 Å². The van der Waals surface area contributed by atoms with E-state index in [-0.39, 0.29) is 11.3 Å². The summed E-state index contributed by atoms with van der Waals surface area (Å²) in [7, 11) is 0. The summed E-state index contributed by atoms with van der Waals surface area (Å²) in [6.07, 6.45) is 2.54. The van der Waals surface area contributed by atoms with Crippen molar-refractivity contribution in [3.05, 3.63) is 29.2 Å². The average molecular weight is 389 g/mol. The second-order valence-corrected chi connectivity index (χ2v) is 8.68. The molecule has 0 saturated carbocycles. The molecule has 1 N–H and O–H groups in total. The summed E-state index contributed by atoms with van der Waals surface area (Å²) in [6.45, 7) is 12.2. The smallest absolute Gasteiger partial charge is 0.240 e. The van der Waals surface area contributed by atoms with Crippen molar-refractivity contribution in [2.75, 3.05) is 42.9 Å². The lowest BCUT2D eigenvalue weighted by molar-refractivity contribution is -0.117. The number of hydrogen-bond donors (Lipinski definition) is 1. The van der Waals surface area contributed by atoms with E-state index in [0.29, 0.717) is 11.7 Å². The molecule has 0 unspecified atom stereocenters. The SMILES string of the molecule is CCc1cc(N2CCN(CC(=O)Nc3nc(C(C)(C)C)cs3)CC2)ncn1. The van der Waals surface area contributed by atoms with Crippen LogP contribution < -0.4 is 10.2 Å². The summed E-state index contributed by atoms with van der Waals surface area (Å²) in [6, 6.07) is 2.05. The lowest BCUT2D eigenvalue weighted by atomic mass is 9.93. The molecule has 0 aromatic carbocycles. The predicted molar refractivity (Wildman–Crippen MR) is 110 cm³/mol. The van der Waals surface area contributed by atoms with Crippen molar-refractivity contribution in [3.63, 3.8) is 0 Å². The van der Waals surface area contributed by atoms with Crippen LogP contribution in [0, 0.1) is 0 Å². The molecular weight excluding hydrogens is 360 g/mol. The molecule has 8 heteroatoms. The van der Waals surface area contributed by atoms with Gasteiger partial charge in [0.1, 0.15) is 12.1 Å². The summed E-state index contributed by atoms with van der Waals surface area (Å²) in [5.41, 5.74) is 2.06. The Kier molecular flexibility index (Phi) is 6.06. The first-order chi connectivity index (χ1) is 12.8. The monoisotopic (exact) mass is 388 g/mol. The van der Waals surface area contributed by atoms with E-state index in [4.69, 9.17) is 0 Å². The lowest BCUT2D eigenvalue weighted by Gasteiger charge is -2.34. The van der Waals surface area contributed by atoms with Gasteiger partial charge in [0.05, 0.1) is 12.2 Å². The number of carbonyl (C=O) groups is 1. The highest BCUT2D eigenvalue weighted by Gasteiger charge is 2.22. The van der Waals surface area contributed by atoms with Crippen LogP contribution >= 0.6 is 11.3 Å². The summed E-state index contributed by atoms with van der Waals surface area (Å²) >= 11 is 1.48. The molecule has 0 spiro atoms. The maximum absolute atomic E-state index is 12.4. The Hall–Kier alpha value is -2.06. The van der Waals surface area contributed by atoms with Gasteiger partial charge in [-0.3, -0.25) is 9.69 Å². The Bertz CT molecular complexity index is 777. The van der Waals surface area contributed by atoms with E-state index in [1.54, 1.807) is 6.33 Å². The second kappa shape index (κ2) is 8.31. The third-order valence-electron chi connectivity index (χ3n) is 4.65. The molecule has 3 rings (SSSR count). The fourth-order valence-electron chi connectivity index (χ4n) is 2.92. The minimum absolute atomic E-state index is 0.00551. The molecule has 2 aromatic heterocycles. The van der Waals surface area contributed by atoms with Crippen LogP contribution in [0.5, 0.6) is 0 Å². The molecule has 0 aliphatic carbocycles. The van der Waals surface area contributed by atoms with Gasteiger partial charge in [0.15, 0.2) is 5.13 Å². The maximum Gasteiger partial charge on any atom is 0.240 e. The minimum Gasteiger partial charge on any atom is -0.354 e. The zero-order valence-electron chi connectivity index (χ0n) is 16.5. The van der Waals surface area contributed by atoms with Crippen LogP contribution in [0.4, 0.5) is 10.9 Å². The number of hydrogen-bond acceptors (Lipinski definition) is 7. The van der Waals surface area contributed by atoms with E-state index in [1.807, 2.05) is 5.38 Å². The highest BCUT2D eigenvalue weighted by atomic mass is 32.1. The van der Waals surface area contributed by atoms with Gasteiger partial charge in [0.25, 0.3) is 0 Å². The van der Waals surface area contributed by atoms with Crippen molar-refractivity contribution >= 4 is 28.2 Å². The number of carbonyl (C=O) groups excluding carboxylic acids is 1. The minimum atomic E-state index is -0.00596. The van der Waals surface area contributed by atoms with Crippen molar-refractivity contribution < 1.29 is 4.79 Å². The van der Waals surface area contributed by atoms with Gasteiger partial charge >= 0.3 is 0 Å². The number of nitrogens with one attached hydrogen (secondary N) is 1.